The normalized spacial score (nSPS) is 12.6. The SMILES string of the molecule is C=CC(c1ccccc1)[P+](CC)(CC)CC.[I-]. The third kappa shape index (κ3) is 3.79. The molecule has 0 aliphatic rings. The highest BCUT2D eigenvalue weighted by molar-refractivity contribution is 7.76. The van der Waals surface area contributed by atoms with Crippen molar-refractivity contribution in [2.45, 2.75) is 26.4 Å². The van der Waals surface area contributed by atoms with Crippen LogP contribution in [0.2, 0.25) is 0 Å². The van der Waals surface area contributed by atoms with Crippen LogP contribution in [0.5, 0.6) is 0 Å². The van der Waals surface area contributed by atoms with Crippen LogP contribution in [0, 0.1) is 0 Å². The molecule has 2 heteroatoms. The second kappa shape index (κ2) is 8.26. The summed E-state index contributed by atoms with van der Waals surface area (Å²) in [4.78, 5) is 0. The molecule has 1 rings (SSSR count). The van der Waals surface area contributed by atoms with Gasteiger partial charge in [0.1, 0.15) is 5.66 Å². The maximum absolute atomic E-state index is 4.07. The molecular formula is C15H24IP. The zero-order chi connectivity index (χ0) is 12.0. The van der Waals surface area contributed by atoms with E-state index in [2.05, 4.69) is 63.8 Å². The highest BCUT2D eigenvalue weighted by atomic mass is 127. The molecule has 0 N–H and O–H groups in total. The van der Waals surface area contributed by atoms with Gasteiger partial charge in [-0.15, -0.1) is 0 Å². The number of rotatable bonds is 6. The zero-order valence-electron chi connectivity index (χ0n) is 11.2. The highest BCUT2D eigenvalue weighted by Crippen LogP contribution is 2.69. The number of halogens is 1. The molecule has 1 unspecified atom stereocenters. The summed E-state index contributed by atoms with van der Waals surface area (Å²) in [6.45, 7) is 11.1. The summed E-state index contributed by atoms with van der Waals surface area (Å²) in [5, 5.41) is 0. The van der Waals surface area contributed by atoms with Crippen molar-refractivity contribution in [2.24, 2.45) is 0 Å². The Hall–Kier alpha value is 0.120. The fraction of sp³-hybridized carbons (Fsp3) is 0.467. The van der Waals surface area contributed by atoms with Crippen molar-refractivity contribution in [3.63, 3.8) is 0 Å². The Bertz CT molecular complexity index is 309. The average molecular weight is 362 g/mol. The molecule has 0 spiro atoms. The van der Waals surface area contributed by atoms with Gasteiger partial charge in [0.25, 0.3) is 0 Å². The van der Waals surface area contributed by atoms with Crippen molar-refractivity contribution in [3.8, 4) is 0 Å². The number of hydrogen-bond acceptors (Lipinski definition) is 0. The maximum atomic E-state index is 4.07. The molecule has 1 aromatic carbocycles. The van der Waals surface area contributed by atoms with Gasteiger partial charge in [0, 0.05) is 7.26 Å². The Morgan fingerprint density at radius 3 is 1.88 bits per heavy atom. The Balaban J connectivity index is 0.00000256. The van der Waals surface area contributed by atoms with Gasteiger partial charge in [-0.3, -0.25) is 0 Å². The monoisotopic (exact) mass is 362 g/mol. The second-order valence-electron chi connectivity index (χ2n) is 4.26. The van der Waals surface area contributed by atoms with Crippen molar-refractivity contribution in [3.05, 3.63) is 48.6 Å². The third-order valence-electron chi connectivity index (χ3n) is 3.84. The molecule has 0 aliphatic carbocycles. The average Bonchev–Trinajstić information content (AvgIpc) is 2.37. The smallest absolute Gasteiger partial charge is 0.112 e. The quantitative estimate of drug-likeness (QED) is 0.413. The Morgan fingerprint density at radius 1 is 1.06 bits per heavy atom. The Labute approximate surface area is 124 Å². The predicted octanol–water partition coefficient (Wildman–Crippen LogP) is 1.99. The highest BCUT2D eigenvalue weighted by Gasteiger charge is 2.39. The minimum absolute atomic E-state index is 0. The van der Waals surface area contributed by atoms with E-state index in [1.165, 1.54) is 24.0 Å². The lowest BCUT2D eigenvalue weighted by Crippen LogP contribution is -3.00. The molecule has 0 saturated heterocycles. The largest absolute Gasteiger partial charge is 1.00 e. The summed E-state index contributed by atoms with van der Waals surface area (Å²) in [6.07, 6.45) is 6.16. The second-order valence-corrected chi connectivity index (χ2v) is 9.15. The van der Waals surface area contributed by atoms with Crippen LogP contribution in [0.3, 0.4) is 0 Å². The molecule has 0 aromatic heterocycles. The molecule has 0 aliphatic heterocycles. The van der Waals surface area contributed by atoms with Crippen molar-refractivity contribution >= 4 is 7.26 Å². The van der Waals surface area contributed by atoms with Crippen LogP contribution in [-0.4, -0.2) is 18.5 Å². The number of hydrogen-bond donors (Lipinski definition) is 0. The van der Waals surface area contributed by atoms with Gasteiger partial charge in [-0.05, 0) is 32.4 Å². The van der Waals surface area contributed by atoms with Gasteiger partial charge in [-0.1, -0.05) is 36.9 Å². The number of benzene rings is 1. The molecule has 0 saturated carbocycles. The third-order valence-corrected chi connectivity index (χ3v) is 9.31. The Morgan fingerprint density at radius 2 is 1.53 bits per heavy atom. The summed E-state index contributed by atoms with van der Waals surface area (Å²) in [5.41, 5.74) is 2.05. The molecule has 0 bridgehead atoms. The lowest BCUT2D eigenvalue weighted by atomic mass is 10.1. The molecule has 0 amide bonds. The summed E-state index contributed by atoms with van der Waals surface area (Å²) in [5.74, 6) is 0. The predicted molar refractivity (Wildman–Crippen MR) is 77.9 cm³/mol. The summed E-state index contributed by atoms with van der Waals surface area (Å²) >= 11 is 0. The first kappa shape index (κ1) is 17.1. The summed E-state index contributed by atoms with van der Waals surface area (Å²) in [7, 11) is -0.889. The standard InChI is InChI=1S/C15H24P.HI/c1-5-15(14-12-10-9-11-13-14)16(6-2,7-3)8-4;/h5,9-13,15H,1,6-8H2,2-4H3;1H/q+1;/p-1. The fourth-order valence-corrected chi connectivity index (χ4v) is 6.36. The maximum Gasteiger partial charge on any atom is 0.112 e. The lowest BCUT2D eigenvalue weighted by molar-refractivity contribution is -0.00000349. The van der Waals surface area contributed by atoms with E-state index in [-0.39, 0.29) is 24.0 Å². The van der Waals surface area contributed by atoms with Gasteiger partial charge in [-0.25, -0.2) is 0 Å². The summed E-state index contributed by atoms with van der Waals surface area (Å²) < 4.78 is 0. The molecule has 17 heavy (non-hydrogen) atoms. The van der Waals surface area contributed by atoms with E-state index in [1.54, 1.807) is 0 Å². The van der Waals surface area contributed by atoms with Crippen LogP contribution in [-0.2, 0) is 0 Å². The van der Waals surface area contributed by atoms with E-state index >= 15 is 0 Å². The zero-order valence-corrected chi connectivity index (χ0v) is 14.2. The van der Waals surface area contributed by atoms with Gasteiger partial charge >= 0.3 is 0 Å². The topological polar surface area (TPSA) is 0 Å². The molecule has 0 heterocycles. The van der Waals surface area contributed by atoms with Crippen LogP contribution >= 0.6 is 7.26 Å². The first-order valence-corrected chi connectivity index (χ1v) is 8.68. The van der Waals surface area contributed by atoms with Crippen LogP contribution in [0.4, 0.5) is 0 Å². The van der Waals surface area contributed by atoms with Gasteiger partial charge < -0.3 is 24.0 Å². The van der Waals surface area contributed by atoms with Gasteiger partial charge in [0.05, 0.1) is 18.5 Å². The molecule has 0 nitrogen and oxygen atoms in total. The first-order chi connectivity index (χ1) is 7.74. The summed E-state index contributed by atoms with van der Waals surface area (Å²) in [6, 6.07) is 10.9. The van der Waals surface area contributed by atoms with Crippen molar-refractivity contribution < 1.29 is 24.0 Å². The molecule has 1 aromatic rings. The van der Waals surface area contributed by atoms with E-state index in [1.807, 2.05) is 0 Å². The number of allylic oxidation sites excluding steroid dienone is 1. The Kier molecular flexibility index (Phi) is 8.32. The fourth-order valence-electron chi connectivity index (χ4n) is 2.59. The van der Waals surface area contributed by atoms with E-state index in [0.29, 0.717) is 5.66 Å². The minimum Gasteiger partial charge on any atom is -1.00 e. The van der Waals surface area contributed by atoms with Crippen LogP contribution < -0.4 is 24.0 Å². The first-order valence-electron chi connectivity index (χ1n) is 6.27. The van der Waals surface area contributed by atoms with Crippen molar-refractivity contribution in [2.75, 3.05) is 18.5 Å². The van der Waals surface area contributed by atoms with Gasteiger partial charge in [-0.2, -0.15) is 0 Å². The van der Waals surface area contributed by atoms with Gasteiger partial charge in [0.2, 0.25) is 0 Å². The van der Waals surface area contributed by atoms with Crippen LogP contribution in [0.15, 0.2) is 43.0 Å². The molecular weight excluding hydrogens is 338 g/mol. The van der Waals surface area contributed by atoms with Gasteiger partial charge in [0.15, 0.2) is 0 Å². The molecule has 0 fully saturated rings. The minimum atomic E-state index is -0.889. The van der Waals surface area contributed by atoms with Crippen LogP contribution in [0.1, 0.15) is 32.0 Å². The molecule has 96 valence electrons. The van der Waals surface area contributed by atoms with Crippen molar-refractivity contribution in [1.29, 1.82) is 0 Å². The molecule has 0 radical (unpaired) electrons. The van der Waals surface area contributed by atoms with Crippen LogP contribution in [0.25, 0.3) is 0 Å². The van der Waals surface area contributed by atoms with Crippen molar-refractivity contribution in [1.82, 2.24) is 0 Å². The lowest BCUT2D eigenvalue weighted by Gasteiger charge is -2.31. The van der Waals surface area contributed by atoms with E-state index in [9.17, 15) is 0 Å². The van der Waals surface area contributed by atoms with E-state index in [0.717, 1.165) is 0 Å². The van der Waals surface area contributed by atoms with E-state index in [4.69, 9.17) is 0 Å². The molecule has 1 atom stereocenters. The van der Waals surface area contributed by atoms with E-state index < -0.39 is 7.26 Å².